The van der Waals surface area contributed by atoms with Crippen molar-refractivity contribution in [3.8, 4) is 16.9 Å². The average molecular weight is 448 g/mol. The lowest BCUT2D eigenvalue weighted by Crippen LogP contribution is -2.26. The molecule has 8 heteroatoms. The molecule has 0 saturated heterocycles. The smallest absolute Gasteiger partial charge is 0.263 e. The standard InChI is InChI=1S/C26H21N7O/c1-16(30-25-22(27-3)15-28-17(2)31-25)23-14-18-8-7-11-20(21-12-13-29-32-21)24(18)26(34)33(23)19-9-5-4-6-10-19/h4-16H,1-2H3,(H,29,32)(H,28,30,31)/t16-/m0/s1. The second-order valence-corrected chi connectivity index (χ2v) is 7.91. The highest BCUT2D eigenvalue weighted by molar-refractivity contribution is 5.95. The molecule has 166 valence electrons. The van der Waals surface area contributed by atoms with Crippen LogP contribution in [-0.4, -0.2) is 24.7 Å². The summed E-state index contributed by atoms with van der Waals surface area (Å²) in [7, 11) is 0. The molecule has 1 atom stereocenters. The van der Waals surface area contributed by atoms with Gasteiger partial charge in [0.1, 0.15) is 11.6 Å². The van der Waals surface area contributed by atoms with Gasteiger partial charge in [0.2, 0.25) is 5.69 Å². The van der Waals surface area contributed by atoms with Crippen molar-refractivity contribution in [2.24, 2.45) is 0 Å². The van der Waals surface area contributed by atoms with Crippen LogP contribution in [0.1, 0.15) is 24.5 Å². The van der Waals surface area contributed by atoms with Crippen molar-refractivity contribution in [3.63, 3.8) is 0 Å². The lowest BCUT2D eigenvalue weighted by Gasteiger charge is -2.22. The van der Waals surface area contributed by atoms with Gasteiger partial charge >= 0.3 is 0 Å². The topological polar surface area (TPSA) is 92.8 Å². The minimum atomic E-state index is -0.331. The van der Waals surface area contributed by atoms with E-state index in [4.69, 9.17) is 6.57 Å². The van der Waals surface area contributed by atoms with Gasteiger partial charge in [0, 0.05) is 29.3 Å². The summed E-state index contributed by atoms with van der Waals surface area (Å²) in [5.74, 6) is 0.999. The van der Waals surface area contributed by atoms with Gasteiger partial charge in [-0.2, -0.15) is 5.10 Å². The summed E-state index contributed by atoms with van der Waals surface area (Å²) in [6, 6.07) is 18.8. The van der Waals surface area contributed by atoms with Gasteiger partial charge in [-0.15, -0.1) is 0 Å². The van der Waals surface area contributed by atoms with Crippen LogP contribution in [0.4, 0.5) is 11.5 Å². The second-order valence-electron chi connectivity index (χ2n) is 7.91. The van der Waals surface area contributed by atoms with E-state index in [1.54, 1.807) is 17.7 Å². The Morgan fingerprint density at radius 3 is 2.68 bits per heavy atom. The summed E-state index contributed by atoms with van der Waals surface area (Å²) in [6.07, 6.45) is 3.18. The van der Waals surface area contributed by atoms with Gasteiger partial charge in [0.15, 0.2) is 0 Å². The van der Waals surface area contributed by atoms with Crippen LogP contribution < -0.4 is 10.9 Å². The fourth-order valence-corrected chi connectivity index (χ4v) is 4.11. The maximum absolute atomic E-state index is 14.0. The first-order chi connectivity index (χ1) is 16.6. The molecule has 0 radical (unpaired) electrons. The molecule has 0 saturated carbocycles. The molecule has 0 aliphatic rings. The minimum Gasteiger partial charge on any atom is -0.371 e. The predicted octanol–water partition coefficient (Wildman–Crippen LogP) is 5.20. The molecule has 5 aromatic rings. The largest absolute Gasteiger partial charge is 0.371 e. The van der Waals surface area contributed by atoms with Crippen molar-refractivity contribution in [1.82, 2.24) is 24.7 Å². The van der Waals surface area contributed by atoms with Crippen LogP contribution in [0.25, 0.3) is 32.6 Å². The van der Waals surface area contributed by atoms with Crippen LogP contribution in [0.2, 0.25) is 0 Å². The maximum Gasteiger partial charge on any atom is 0.263 e. The van der Waals surface area contributed by atoms with E-state index in [2.05, 4.69) is 30.3 Å². The van der Waals surface area contributed by atoms with E-state index in [0.29, 0.717) is 22.7 Å². The summed E-state index contributed by atoms with van der Waals surface area (Å²) in [5, 5.41) is 11.8. The number of aryl methyl sites for hydroxylation is 1. The highest BCUT2D eigenvalue weighted by atomic mass is 16.1. The molecule has 34 heavy (non-hydrogen) atoms. The summed E-state index contributed by atoms with van der Waals surface area (Å²) in [5.41, 5.74) is 3.26. The summed E-state index contributed by atoms with van der Waals surface area (Å²) in [6.45, 7) is 11.2. The first-order valence-corrected chi connectivity index (χ1v) is 10.8. The van der Waals surface area contributed by atoms with E-state index >= 15 is 0 Å². The highest BCUT2D eigenvalue weighted by Crippen LogP contribution is 2.30. The molecule has 2 N–H and O–H groups in total. The summed E-state index contributed by atoms with van der Waals surface area (Å²) in [4.78, 5) is 26.1. The lowest BCUT2D eigenvalue weighted by molar-refractivity contribution is 0.772. The SMILES string of the molecule is [C-]#[N+]c1cnc(C)nc1N[C@@H](C)c1cc2cccc(-c3ccn[nH]3)c2c(=O)n1-c1ccccc1. The Labute approximate surface area is 195 Å². The molecule has 0 unspecified atom stereocenters. The third-order valence-corrected chi connectivity index (χ3v) is 5.69. The molecular formula is C26H21N7O. The lowest BCUT2D eigenvalue weighted by atomic mass is 10.0. The van der Waals surface area contributed by atoms with Crippen LogP contribution in [0.5, 0.6) is 0 Å². The van der Waals surface area contributed by atoms with E-state index in [1.165, 1.54) is 6.20 Å². The number of hydrogen-bond donors (Lipinski definition) is 2. The third kappa shape index (κ3) is 3.69. The van der Waals surface area contributed by atoms with Crippen LogP contribution in [0.15, 0.2) is 77.9 Å². The molecule has 3 heterocycles. The Balaban J connectivity index is 1.74. The number of fused-ring (bicyclic) bond motifs is 1. The fraction of sp³-hybridized carbons (Fsp3) is 0.115. The summed E-state index contributed by atoms with van der Waals surface area (Å²) < 4.78 is 1.71. The normalized spacial score (nSPS) is 11.8. The number of rotatable bonds is 5. The molecule has 3 aromatic heterocycles. The van der Waals surface area contributed by atoms with Crippen molar-refractivity contribution in [3.05, 3.63) is 106 Å². The van der Waals surface area contributed by atoms with Crippen molar-refractivity contribution < 1.29 is 0 Å². The zero-order chi connectivity index (χ0) is 23.7. The van der Waals surface area contributed by atoms with Crippen LogP contribution in [-0.2, 0) is 0 Å². The van der Waals surface area contributed by atoms with Gasteiger partial charge in [-0.3, -0.25) is 19.4 Å². The number of nitrogens with one attached hydrogen (secondary N) is 2. The fourth-order valence-electron chi connectivity index (χ4n) is 4.11. The van der Waals surface area contributed by atoms with E-state index < -0.39 is 0 Å². The Bertz CT molecular complexity index is 1580. The third-order valence-electron chi connectivity index (χ3n) is 5.69. The van der Waals surface area contributed by atoms with E-state index in [1.807, 2.05) is 67.6 Å². The van der Waals surface area contributed by atoms with E-state index in [9.17, 15) is 4.79 Å². The predicted molar refractivity (Wildman–Crippen MR) is 132 cm³/mol. The average Bonchev–Trinajstić information content (AvgIpc) is 3.39. The van der Waals surface area contributed by atoms with Crippen molar-refractivity contribution in [2.75, 3.05) is 5.32 Å². The molecule has 5 rings (SSSR count). The van der Waals surface area contributed by atoms with Crippen molar-refractivity contribution in [2.45, 2.75) is 19.9 Å². The number of benzene rings is 2. The van der Waals surface area contributed by atoms with Crippen molar-refractivity contribution in [1.29, 1.82) is 0 Å². The minimum absolute atomic E-state index is 0.137. The first-order valence-electron chi connectivity index (χ1n) is 10.8. The number of H-pyrrole nitrogens is 1. The number of para-hydroxylation sites is 1. The van der Waals surface area contributed by atoms with E-state index in [0.717, 1.165) is 28.0 Å². The Hall–Kier alpha value is -4.77. The molecule has 0 bridgehead atoms. The number of anilines is 1. The molecular weight excluding hydrogens is 426 g/mol. The maximum atomic E-state index is 14.0. The molecule has 0 amide bonds. The van der Waals surface area contributed by atoms with Gasteiger partial charge in [-0.1, -0.05) is 36.4 Å². The molecule has 2 aromatic carbocycles. The van der Waals surface area contributed by atoms with Crippen LogP contribution >= 0.6 is 0 Å². The second kappa shape index (κ2) is 8.64. The van der Waals surface area contributed by atoms with Crippen LogP contribution in [0, 0.1) is 13.5 Å². The number of aromatic nitrogens is 5. The number of aromatic amines is 1. The van der Waals surface area contributed by atoms with Gasteiger partial charge in [-0.05, 0) is 43.5 Å². The Kier molecular flexibility index (Phi) is 5.36. The number of nitrogens with zero attached hydrogens (tertiary/aromatic N) is 5. The Morgan fingerprint density at radius 2 is 1.94 bits per heavy atom. The summed E-state index contributed by atoms with van der Waals surface area (Å²) >= 11 is 0. The molecule has 0 fully saturated rings. The zero-order valence-electron chi connectivity index (χ0n) is 18.6. The molecule has 0 aliphatic heterocycles. The molecule has 8 nitrogen and oxygen atoms in total. The highest BCUT2D eigenvalue weighted by Gasteiger charge is 2.20. The van der Waals surface area contributed by atoms with Gasteiger partial charge in [0.05, 0.1) is 23.7 Å². The number of pyridine rings is 1. The molecule has 0 aliphatic carbocycles. The number of hydrogen-bond acceptors (Lipinski definition) is 5. The first kappa shape index (κ1) is 21.1. The Morgan fingerprint density at radius 1 is 1.12 bits per heavy atom. The quantitative estimate of drug-likeness (QED) is 0.361. The van der Waals surface area contributed by atoms with Gasteiger partial charge in [-0.25, -0.2) is 9.83 Å². The monoisotopic (exact) mass is 447 g/mol. The van der Waals surface area contributed by atoms with Gasteiger partial charge < -0.3 is 5.32 Å². The van der Waals surface area contributed by atoms with E-state index in [-0.39, 0.29) is 11.6 Å². The van der Waals surface area contributed by atoms with Crippen LogP contribution in [0.3, 0.4) is 0 Å². The zero-order valence-corrected chi connectivity index (χ0v) is 18.6. The van der Waals surface area contributed by atoms with Gasteiger partial charge in [0.25, 0.3) is 5.56 Å². The van der Waals surface area contributed by atoms with Crippen molar-refractivity contribution >= 4 is 22.3 Å². The molecule has 0 spiro atoms.